The molecule has 0 fully saturated rings. The van der Waals surface area contributed by atoms with E-state index in [1.54, 1.807) is 30.7 Å². The fourth-order valence-electron chi connectivity index (χ4n) is 1.54. The van der Waals surface area contributed by atoms with Crippen LogP contribution in [0.2, 0.25) is 5.02 Å². The fourth-order valence-corrected chi connectivity index (χ4v) is 1.75. The van der Waals surface area contributed by atoms with Gasteiger partial charge >= 0.3 is 0 Å². The number of carbonyl (C=O) groups excluding carboxylic acids is 1. The number of nitrogen functional groups attached to an aromatic ring is 1. The van der Waals surface area contributed by atoms with Crippen LogP contribution in [-0.2, 0) is 6.54 Å². The second-order valence-corrected chi connectivity index (χ2v) is 4.14. The van der Waals surface area contributed by atoms with E-state index in [1.807, 2.05) is 10.8 Å². The second kappa shape index (κ2) is 5.55. The Morgan fingerprint density at radius 3 is 3.06 bits per heavy atom. The minimum atomic E-state index is -0.229. The summed E-state index contributed by atoms with van der Waals surface area (Å²) >= 11 is 5.97. The van der Waals surface area contributed by atoms with E-state index in [2.05, 4.69) is 10.3 Å². The van der Waals surface area contributed by atoms with E-state index in [-0.39, 0.29) is 10.9 Å². The van der Waals surface area contributed by atoms with Crippen molar-refractivity contribution in [3.8, 4) is 0 Å². The Labute approximate surface area is 110 Å². The highest BCUT2D eigenvalue weighted by Gasteiger charge is 2.11. The van der Waals surface area contributed by atoms with Gasteiger partial charge in [-0.15, -0.1) is 0 Å². The maximum atomic E-state index is 11.9. The van der Waals surface area contributed by atoms with Gasteiger partial charge in [0.1, 0.15) is 0 Å². The maximum absolute atomic E-state index is 11.9. The number of halogens is 1. The minimum absolute atomic E-state index is 0.229. The van der Waals surface area contributed by atoms with Crippen molar-refractivity contribution in [3.63, 3.8) is 0 Å². The predicted molar refractivity (Wildman–Crippen MR) is 70.4 cm³/mol. The van der Waals surface area contributed by atoms with Crippen LogP contribution < -0.4 is 11.1 Å². The molecule has 0 saturated carbocycles. The standard InChI is InChI=1S/C12H13ClN4O/c13-11-9(2-1-3-10(11)14)12(18)16-5-7-17-6-4-15-8-17/h1-4,6,8H,5,7,14H2,(H,16,18). The fraction of sp³-hybridized carbons (Fsp3) is 0.167. The summed E-state index contributed by atoms with van der Waals surface area (Å²) < 4.78 is 1.88. The summed E-state index contributed by atoms with van der Waals surface area (Å²) in [6.07, 6.45) is 5.22. The third-order valence-corrected chi connectivity index (χ3v) is 2.91. The van der Waals surface area contributed by atoms with Gasteiger partial charge in [0.15, 0.2) is 0 Å². The van der Waals surface area contributed by atoms with E-state index in [0.29, 0.717) is 24.3 Å². The number of amides is 1. The molecular formula is C12H13ClN4O. The number of hydrogen-bond acceptors (Lipinski definition) is 3. The summed E-state index contributed by atoms with van der Waals surface area (Å²) in [6.45, 7) is 1.16. The molecule has 1 aromatic heterocycles. The molecule has 0 aliphatic carbocycles. The van der Waals surface area contributed by atoms with Gasteiger partial charge in [-0.1, -0.05) is 17.7 Å². The molecule has 2 aromatic rings. The van der Waals surface area contributed by atoms with Crippen molar-refractivity contribution < 1.29 is 4.79 Å². The van der Waals surface area contributed by atoms with E-state index in [4.69, 9.17) is 17.3 Å². The molecule has 94 valence electrons. The zero-order chi connectivity index (χ0) is 13.0. The quantitative estimate of drug-likeness (QED) is 0.823. The van der Waals surface area contributed by atoms with Gasteiger partial charge in [-0.3, -0.25) is 4.79 Å². The lowest BCUT2D eigenvalue weighted by Gasteiger charge is -2.08. The van der Waals surface area contributed by atoms with Crippen LogP contribution in [-0.4, -0.2) is 22.0 Å². The Hall–Kier alpha value is -2.01. The molecule has 0 spiro atoms. The van der Waals surface area contributed by atoms with Gasteiger partial charge < -0.3 is 15.6 Å². The number of nitrogens with one attached hydrogen (secondary N) is 1. The van der Waals surface area contributed by atoms with Crippen LogP contribution in [0.4, 0.5) is 5.69 Å². The average Bonchev–Trinajstić information content (AvgIpc) is 2.85. The molecule has 3 N–H and O–H groups in total. The van der Waals surface area contributed by atoms with Crippen LogP contribution >= 0.6 is 11.6 Å². The van der Waals surface area contributed by atoms with Crippen molar-refractivity contribution in [1.82, 2.24) is 14.9 Å². The van der Waals surface area contributed by atoms with Gasteiger partial charge in [0.05, 0.1) is 22.6 Å². The Morgan fingerprint density at radius 1 is 1.50 bits per heavy atom. The number of aromatic nitrogens is 2. The van der Waals surface area contributed by atoms with E-state index in [9.17, 15) is 4.79 Å². The van der Waals surface area contributed by atoms with E-state index < -0.39 is 0 Å². The van der Waals surface area contributed by atoms with Crippen molar-refractivity contribution in [1.29, 1.82) is 0 Å². The Morgan fingerprint density at radius 2 is 2.33 bits per heavy atom. The molecule has 0 radical (unpaired) electrons. The Bertz CT molecular complexity index is 539. The maximum Gasteiger partial charge on any atom is 0.252 e. The summed E-state index contributed by atoms with van der Waals surface area (Å²) in [6, 6.07) is 5.00. The first-order valence-electron chi connectivity index (χ1n) is 5.46. The van der Waals surface area contributed by atoms with Gasteiger partial charge in [0, 0.05) is 25.5 Å². The monoisotopic (exact) mass is 264 g/mol. The SMILES string of the molecule is Nc1cccc(C(=O)NCCn2ccnc2)c1Cl. The van der Waals surface area contributed by atoms with Gasteiger partial charge in [0.2, 0.25) is 0 Å². The highest BCUT2D eigenvalue weighted by molar-refractivity contribution is 6.36. The van der Waals surface area contributed by atoms with E-state index in [0.717, 1.165) is 0 Å². The number of nitrogens with two attached hydrogens (primary N) is 1. The van der Waals surface area contributed by atoms with Crippen LogP contribution in [0.25, 0.3) is 0 Å². The lowest BCUT2D eigenvalue weighted by atomic mass is 10.2. The van der Waals surface area contributed by atoms with Crippen LogP contribution in [0, 0.1) is 0 Å². The van der Waals surface area contributed by atoms with E-state index >= 15 is 0 Å². The average molecular weight is 265 g/mol. The molecule has 0 bridgehead atoms. The third-order valence-electron chi connectivity index (χ3n) is 2.49. The molecule has 0 unspecified atom stereocenters. The largest absolute Gasteiger partial charge is 0.398 e. The molecule has 1 heterocycles. The highest BCUT2D eigenvalue weighted by atomic mass is 35.5. The number of hydrogen-bond donors (Lipinski definition) is 2. The molecule has 1 amide bonds. The first-order chi connectivity index (χ1) is 8.68. The van der Waals surface area contributed by atoms with Crippen molar-refractivity contribution >= 4 is 23.2 Å². The molecular weight excluding hydrogens is 252 g/mol. The molecule has 0 atom stereocenters. The minimum Gasteiger partial charge on any atom is -0.398 e. The van der Waals surface area contributed by atoms with Gasteiger partial charge in [-0.05, 0) is 12.1 Å². The first kappa shape index (κ1) is 12.4. The number of rotatable bonds is 4. The highest BCUT2D eigenvalue weighted by Crippen LogP contribution is 2.22. The molecule has 1 aromatic carbocycles. The molecule has 6 heteroatoms. The first-order valence-corrected chi connectivity index (χ1v) is 5.84. The smallest absolute Gasteiger partial charge is 0.252 e. The lowest BCUT2D eigenvalue weighted by Crippen LogP contribution is -2.27. The van der Waals surface area contributed by atoms with E-state index in [1.165, 1.54) is 0 Å². The van der Waals surface area contributed by atoms with Crippen LogP contribution in [0.3, 0.4) is 0 Å². The summed E-state index contributed by atoms with van der Waals surface area (Å²) in [5.74, 6) is -0.229. The zero-order valence-electron chi connectivity index (χ0n) is 9.64. The zero-order valence-corrected chi connectivity index (χ0v) is 10.4. The third kappa shape index (κ3) is 2.81. The molecule has 5 nitrogen and oxygen atoms in total. The lowest BCUT2D eigenvalue weighted by molar-refractivity contribution is 0.0952. The number of anilines is 1. The molecule has 0 saturated heterocycles. The number of benzene rings is 1. The van der Waals surface area contributed by atoms with Crippen molar-refractivity contribution in [2.45, 2.75) is 6.54 Å². The van der Waals surface area contributed by atoms with Crippen LogP contribution in [0.1, 0.15) is 10.4 Å². The van der Waals surface area contributed by atoms with Crippen molar-refractivity contribution in [2.24, 2.45) is 0 Å². The van der Waals surface area contributed by atoms with Gasteiger partial charge in [-0.25, -0.2) is 4.98 Å². The number of imidazole rings is 1. The summed E-state index contributed by atoms with van der Waals surface area (Å²) in [7, 11) is 0. The Kier molecular flexibility index (Phi) is 3.84. The summed E-state index contributed by atoms with van der Waals surface area (Å²) in [5.41, 5.74) is 6.43. The summed E-state index contributed by atoms with van der Waals surface area (Å²) in [4.78, 5) is 15.8. The molecule has 2 rings (SSSR count). The van der Waals surface area contributed by atoms with Crippen molar-refractivity contribution in [2.75, 3.05) is 12.3 Å². The van der Waals surface area contributed by atoms with Crippen LogP contribution in [0.15, 0.2) is 36.9 Å². The molecule has 0 aliphatic heterocycles. The van der Waals surface area contributed by atoms with Gasteiger partial charge in [-0.2, -0.15) is 0 Å². The summed E-state index contributed by atoms with van der Waals surface area (Å²) in [5, 5.41) is 3.07. The molecule has 18 heavy (non-hydrogen) atoms. The normalized spacial score (nSPS) is 10.3. The number of carbonyl (C=O) groups is 1. The van der Waals surface area contributed by atoms with Gasteiger partial charge in [0.25, 0.3) is 5.91 Å². The predicted octanol–water partition coefficient (Wildman–Crippen LogP) is 1.55. The van der Waals surface area contributed by atoms with Crippen LogP contribution in [0.5, 0.6) is 0 Å². The van der Waals surface area contributed by atoms with Crippen molar-refractivity contribution in [3.05, 3.63) is 47.5 Å². The molecule has 0 aliphatic rings. The number of nitrogens with zero attached hydrogens (tertiary/aromatic N) is 2. The Balaban J connectivity index is 1.93. The topological polar surface area (TPSA) is 72.9 Å². The second-order valence-electron chi connectivity index (χ2n) is 3.77.